The van der Waals surface area contributed by atoms with Gasteiger partial charge >= 0.3 is 0 Å². The Morgan fingerprint density at radius 2 is 2.00 bits per heavy atom. The third kappa shape index (κ3) is 4.32. The maximum atomic E-state index is 5.88. The highest BCUT2D eigenvalue weighted by atomic mass is 16.5. The summed E-state index contributed by atoms with van der Waals surface area (Å²) in [4.78, 5) is 0. The van der Waals surface area contributed by atoms with Crippen LogP contribution in [0.2, 0.25) is 0 Å². The number of benzene rings is 1. The van der Waals surface area contributed by atoms with Crippen LogP contribution in [0.25, 0.3) is 0 Å². The smallest absolute Gasteiger partial charge is 0.0594 e. The van der Waals surface area contributed by atoms with Gasteiger partial charge in [-0.25, -0.2) is 0 Å². The van der Waals surface area contributed by atoms with Crippen LogP contribution in [-0.2, 0) is 4.74 Å². The van der Waals surface area contributed by atoms with Gasteiger partial charge in [0.05, 0.1) is 12.7 Å². The first kappa shape index (κ1) is 14.5. The molecule has 1 aliphatic rings. The van der Waals surface area contributed by atoms with Gasteiger partial charge in [-0.05, 0) is 44.7 Å². The van der Waals surface area contributed by atoms with E-state index in [1.165, 1.54) is 42.4 Å². The molecule has 0 bridgehead atoms. The fourth-order valence-corrected chi connectivity index (χ4v) is 2.98. The first-order valence-corrected chi connectivity index (χ1v) is 7.59. The molecule has 1 aliphatic carbocycles. The molecule has 1 aromatic rings. The van der Waals surface area contributed by atoms with Crippen LogP contribution in [0, 0.1) is 13.8 Å². The monoisotopic (exact) mass is 261 g/mol. The Morgan fingerprint density at radius 3 is 2.68 bits per heavy atom. The van der Waals surface area contributed by atoms with Gasteiger partial charge < -0.3 is 10.1 Å². The molecule has 1 saturated carbocycles. The van der Waals surface area contributed by atoms with Crippen LogP contribution < -0.4 is 5.32 Å². The van der Waals surface area contributed by atoms with Crippen molar-refractivity contribution in [3.8, 4) is 0 Å². The van der Waals surface area contributed by atoms with Crippen LogP contribution in [0.1, 0.15) is 55.3 Å². The number of aryl methyl sites for hydroxylation is 2. The minimum Gasteiger partial charge on any atom is -0.377 e. The van der Waals surface area contributed by atoms with Crippen molar-refractivity contribution in [2.24, 2.45) is 0 Å². The average molecular weight is 261 g/mol. The molecule has 1 N–H and O–H groups in total. The highest BCUT2D eigenvalue weighted by Gasteiger charge is 2.15. The van der Waals surface area contributed by atoms with Crippen molar-refractivity contribution in [3.63, 3.8) is 0 Å². The van der Waals surface area contributed by atoms with Gasteiger partial charge in [0.2, 0.25) is 0 Å². The van der Waals surface area contributed by atoms with E-state index in [0.29, 0.717) is 12.1 Å². The summed E-state index contributed by atoms with van der Waals surface area (Å²) in [5, 5.41) is 3.56. The second-order valence-corrected chi connectivity index (χ2v) is 5.81. The van der Waals surface area contributed by atoms with E-state index in [9.17, 15) is 0 Å². The average Bonchev–Trinajstić information content (AvgIpc) is 2.87. The second kappa shape index (κ2) is 7.06. The van der Waals surface area contributed by atoms with Crippen molar-refractivity contribution in [2.75, 3.05) is 13.2 Å². The number of hydrogen-bond donors (Lipinski definition) is 1. The fourth-order valence-electron chi connectivity index (χ4n) is 2.98. The molecule has 0 radical (unpaired) electrons. The third-order valence-corrected chi connectivity index (χ3v) is 4.10. The molecule has 106 valence electrons. The topological polar surface area (TPSA) is 21.3 Å². The van der Waals surface area contributed by atoms with Gasteiger partial charge in [-0.1, -0.05) is 36.6 Å². The van der Waals surface area contributed by atoms with E-state index in [4.69, 9.17) is 4.74 Å². The van der Waals surface area contributed by atoms with E-state index >= 15 is 0 Å². The lowest BCUT2D eigenvalue weighted by molar-refractivity contribution is 0.0593. The summed E-state index contributed by atoms with van der Waals surface area (Å²) in [6.07, 6.45) is 5.73. The van der Waals surface area contributed by atoms with Crippen LogP contribution in [0.3, 0.4) is 0 Å². The zero-order valence-electron chi connectivity index (χ0n) is 12.5. The Labute approximate surface area is 117 Å². The predicted molar refractivity (Wildman–Crippen MR) is 80.5 cm³/mol. The Balaban J connectivity index is 1.72. The normalized spacial score (nSPS) is 17.8. The minimum absolute atomic E-state index is 0.396. The molecule has 0 saturated heterocycles. The highest BCUT2D eigenvalue weighted by Crippen LogP contribution is 2.21. The second-order valence-electron chi connectivity index (χ2n) is 5.81. The zero-order chi connectivity index (χ0) is 13.7. The van der Waals surface area contributed by atoms with E-state index in [-0.39, 0.29) is 0 Å². The summed E-state index contributed by atoms with van der Waals surface area (Å²) in [5.74, 6) is 0. The van der Waals surface area contributed by atoms with E-state index in [0.717, 1.165) is 13.2 Å². The molecule has 0 spiro atoms. The van der Waals surface area contributed by atoms with Crippen molar-refractivity contribution in [2.45, 2.75) is 58.6 Å². The molecule has 0 aromatic heterocycles. The molecular weight excluding hydrogens is 234 g/mol. The van der Waals surface area contributed by atoms with Gasteiger partial charge in [0.25, 0.3) is 0 Å². The molecule has 2 nitrogen and oxygen atoms in total. The van der Waals surface area contributed by atoms with Crippen molar-refractivity contribution in [1.29, 1.82) is 0 Å². The maximum absolute atomic E-state index is 5.88. The molecule has 1 atom stereocenters. The molecule has 2 rings (SSSR count). The Kier molecular flexibility index (Phi) is 5.41. The van der Waals surface area contributed by atoms with Crippen LogP contribution in [0.4, 0.5) is 0 Å². The minimum atomic E-state index is 0.396. The SMILES string of the molecule is Cc1ccc(C(C)NCCOC2CCCC2)c(C)c1. The molecule has 2 heteroatoms. The zero-order valence-corrected chi connectivity index (χ0v) is 12.5. The van der Waals surface area contributed by atoms with Crippen LogP contribution in [0.5, 0.6) is 0 Å². The summed E-state index contributed by atoms with van der Waals surface area (Å²) in [6.45, 7) is 8.33. The van der Waals surface area contributed by atoms with Crippen molar-refractivity contribution < 1.29 is 4.74 Å². The first-order valence-electron chi connectivity index (χ1n) is 7.59. The number of ether oxygens (including phenoxy) is 1. The lowest BCUT2D eigenvalue weighted by Crippen LogP contribution is -2.25. The van der Waals surface area contributed by atoms with Gasteiger partial charge in [0, 0.05) is 12.6 Å². The van der Waals surface area contributed by atoms with Crippen molar-refractivity contribution >= 4 is 0 Å². The molecule has 0 heterocycles. The lowest BCUT2D eigenvalue weighted by Gasteiger charge is -2.18. The Morgan fingerprint density at radius 1 is 1.26 bits per heavy atom. The summed E-state index contributed by atoms with van der Waals surface area (Å²) >= 11 is 0. The summed E-state index contributed by atoms with van der Waals surface area (Å²) in [6, 6.07) is 7.07. The molecule has 1 fully saturated rings. The molecule has 0 aliphatic heterocycles. The fraction of sp³-hybridized carbons (Fsp3) is 0.647. The van der Waals surface area contributed by atoms with E-state index in [1.54, 1.807) is 0 Å². The lowest BCUT2D eigenvalue weighted by atomic mass is 10.0. The molecule has 19 heavy (non-hydrogen) atoms. The van der Waals surface area contributed by atoms with Crippen molar-refractivity contribution in [1.82, 2.24) is 5.32 Å². The van der Waals surface area contributed by atoms with E-state index < -0.39 is 0 Å². The Bertz CT molecular complexity index is 396. The number of nitrogens with one attached hydrogen (secondary N) is 1. The molecule has 1 aromatic carbocycles. The predicted octanol–water partition coefficient (Wildman–Crippen LogP) is 3.91. The van der Waals surface area contributed by atoms with Gasteiger partial charge in [-0.15, -0.1) is 0 Å². The van der Waals surface area contributed by atoms with Gasteiger partial charge in [0.15, 0.2) is 0 Å². The maximum Gasteiger partial charge on any atom is 0.0594 e. The quantitative estimate of drug-likeness (QED) is 0.784. The van der Waals surface area contributed by atoms with E-state index in [1.807, 2.05) is 0 Å². The summed E-state index contributed by atoms with van der Waals surface area (Å²) in [5.41, 5.74) is 4.10. The molecular formula is C17H27NO. The first-order chi connectivity index (χ1) is 9.16. The van der Waals surface area contributed by atoms with Gasteiger partial charge in [0.1, 0.15) is 0 Å². The van der Waals surface area contributed by atoms with Crippen LogP contribution >= 0.6 is 0 Å². The third-order valence-electron chi connectivity index (χ3n) is 4.10. The van der Waals surface area contributed by atoms with Gasteiger partial charge in [-0.3, -0.25) is 0 Å². The standard InChI is InChI=1S/C17H27NO/c1-13-8-9-17(14(2)12-13)15(3)18-10-11-19-16-6-4-5-7-16/h8-9,12,15-16,18H,4-7,10-11H2,1-3H3. The van der Waals surface area contributed by atoms with E-state index in [2.05, 4.69) is 44.3 Å². The number of rotatable bonds is 6. The Hall–Kier alpha value is -0.860. The van der Waals surface area contributed by atoms with Gasteiger partial charge in [-0.2, -0.15) is 0 Å². The van der Waals surface area contributed by atoms with Crippen LogP contribution in [0.15, 0.2) is 18.2 Å². The summed E-state index contributed by atoms with van der Waals surface area (Å²) < 4.78 is 5.88. The number of hydrogen-bond acceptors (Lipinski definition) is 2. The molecule has 1 unspecified atom stereocenters. The summed E-state index contributed by atoms with van der Waals surface area (Å²) in [7, 11) is 0. The van der Waals surface area contributed by atoms with Crippen LogP contribution in [-0.4, -0.2) is 19.3 Å². The van der Waals surface area contributed by atoms with Crippen molar-refractivity contribution in [3.05, 3.63) is 34.9 Å². The highest BCUT2D eigenvalue weighted by molar-refractivity contribution is 5.32. The molecule has 0 amide bonds. The largest absolute Gasteiger partial charge is 0.377 e.